The fourth-order valence-electron chi connectivity index (χ4n) is 6.69. The Hall–Kier alpha value is -6.10. The quantitative estimate of drug-likeness (QED) is 0.138. The molecule has 0 saturated heterocycles. The van der Waals surface area contributed by atoms with E-state index in [1.807, 2.05) is 86.6 Å². The van der Waals surface area contributed by atoms with E-state index in [-0.39, 0.29) is 11.5 Å². The van der Waals surface area contributed by atoms with E-state index < -0.39 is 12.2 Å². The highest BCUT2D eigenvalue weighted by Crippen LogP contribution is 2.41. The van der Waals surface area contributed by atoms with E-state index in [9.17, 15) is 10.2 Å². The first-order valence-corrected chi connectivity index (χ1v) is 20.2. The fraction of sp³-hybridized carbons (Fsp3) is 0.184. The van der Waals surface area contributed by atoms with Gasteiger partial charge >= 0.3 is 0 Å². The highest BCUT2D eigenvalue weighted by Gasteiger charge is 2.28. The molecule has 0 bridgehead atoms. The summed E-state index contributed by atoms with van der Waals surface area (Å²) < 4.78 is 17.2. The molecule has 0 aliphatic heterocycles. The van der Waals surface area contributed by atoms with Crippen molar-refractivity contribution in [1.29, 1.82) is 0 Å². The van der Waals surface area contributed by atoms with Crippen molar-refractivity contribution in [2.45, 2.75) is 58.3 Å². The summed E-state index contributed by atoms with van der Waals surface area (Å²) in [6.45, 7) is 10.5. The number of hydrogen-bond donors (Lipinski definition) is 2. The number of aliphatic hydroxyl groups is 2. The first kappa shape index (κ1) is 42.0. The molecule has 2 unspecified atom stereocenters. The lowest BCUT2D eigenvalue weighted by atomic mass is 9.86. The minimum Gasteiger partial charge on any atom is -0.491 e. The Morgan fingerprint density at radius 3 is 1.40 bits per heavy atom. The van der Waals surface area contributed by atoms with Gasteiger partial charge in [-0.25, -0.2) is 0 Å². The molecular formula is C49H44Cl2N4O5. The lowest BCUT2D eigenvalue weighted by Gasteiger charge is -2.19. The predicted molar refractivity (Wildman–Crippen MR) is 236 cm³/mol. The topological polar surface area (TPSA) is 128 Å². The maximum atomic E-state index is 11.2. The van der Waals surface area contributed by atoms with Crippen LogP contribution in [0.4, 0.5) is 0 Å². The van der Waals surface area contributed by atoms with Gasteiger partial charge in [-0.1, -0.05) is 115 Å². The number of nitrogens with zero attached hydrogens (tertiary/aromatic N) is 4. The number of hydrogen-bond acceptors (Lipinski definition) is 9. The van der Waals surface area contributed by atoms with Crippen LogP contribution >= 0.6 is 23.2 Å². The smallest absolute Gasteiger partial charge is 0.173 e. The normalized spacial score (nSPS) is 12.4. The molecule has 4 heterocycles. The Morgan fingerprint density at radius 1 is 0.567 bits per heavy atom. The van der Waals surface area contributed by atoms with E-state index in [1.165, 1.54) is 5.56 Å². The highest BCUT2D eigenvalue weighted by atomic mass is 35.5. The number of rotatable bonds is 10. The Labute approximate surface area is 359 Å². The average molecular weight is 840 g/mol. The van der Waals surface area contributed by atoms with Crippen molar-refractivity contribution in [1.82, 2.24) is 20.3 Å². The standard InChI is InChI=1S/C25H23ClN2O2.C24H21ClN2O3/c1-25(2,3)19-11-9-16(10-12-19)22-21(23(29)18-7-5-13-27-15-18)24(30-28-22)17-6-4-8-20(26)14-17;1-15(2)29-20-10-8-16(9-11-20)22-21(23(28)18-6-4-12-26-14-18)24(30-27-22)17-5-3-7-19(25)13-17/h4-15,23,29H,1-3H3;3-15,23,28H,1-2H3. The van der Waals surface area contributed by atoms with Crippen molar-refractivity contribution in [2.24, 2.45) is 0 Å². The summed E-state index contributed by atoms with van der Waals surface area (Å²) in [6, 6.07) is 37.6. The van der Waals surface area contributed by atoms with Crippen LogP contribution in [-0.2, 0) is 5.41 Å². The third kappa shape index (κ3) is 9.67. The monoisotopic (exact) mass is 838 g/mol. The summed E-state index contributed by atoms with van der Waals surface area (Å²) in [6.07, 6.45) is 4.77. The summed E-state index contributed by atoms with van der Waals surface area (Å²) in [4.78, 5) is 8.27. The highest BCUT2D eigenvalue weighted by molar-refractivity contribution is 6.31. The number of ether oxygens (including phenoxy) is 1. The Morgan fingerprint density at radius 2 is 1.02 bits per heavy atom. The predicted octanol–water partition coefficient (Wildman–Crippen LogP) is 12.4. The molecule has 9 nitrogen and oxygen atoms in total. The lowest BCUT2D eigenvalue weighted by molar-refractivity contribution is 0.220. The molecule has 0 fully saturated rings. The molecule has 4 aromatic heterocycles. The van der Waals surface area contributed by atoms with E-state index in [4.69, 9.17) is 37.0 Å². The van der Waals surface area contributed by atoms with Gasteiger partial charge in [0.2, 0.25) is 0 Å². The van der Waals surface area contributed by atoms with E-state index in [0.29, 0.717) is 55.2 Å². The Kier molecular flexibility index (Phi) is 12.9. The van der Waals surface area contributed by atoms with E-state index >= 15 is 0 Å². The van der Waals surface area contributed by atoms with Gasteiger partial charge in [-0.3, -0.25) is 9.97 Å². The molecule has 0 amide bonds. The van der Waals surface area contributed by atoms with Gasteiger partial charge in [-0.2, -0.15) is 0 Å². The zero-order valence-corrected chi connectivity index (χ0v) is 35.3. The van der Waals surface area contributed by atoms with Crippen molar-refractivity contribution in [2.75, 3.05) is 0 Å². The molecule has 2 N–H and O–H groups in total. The second-order valence-corrected chi connectivity index (χ2v) is 16.3. The Bertz CT molecular complexity index is 2640. The molecule has 4 aromatic carbocycles. The van der Waals surface area contributed by atoms with Gasteiger partial charge in [0.25, 0.3) is 0 Å². The maximum Gasteiger partial charge on any atom is 0.173 e. The van der Waals surface area contributed by atoms with Crippen LogP contribution in [0.15, 0.2) is 155 Å². The number of aliphatic hydroxyl groups excluding tert-OH is 2. The zero-order valence-electron chi connectivity index (χ0n) is 33.8. The minimum atomic E-state index is -0.972. The van der Waals surface area contributed by atoms with E-state index in [2.05, 4.69) is 53.2 Å². The van der Waals surface area contributed by atoms with Crippen molar-refractivity contribution in [3.8, 4) is 50.9 Å². The molecule has 304 valence electrons. The van der Waals surface area contributed by atoms with Crippen molar-refractivity contribution >= 4 is 23.2 Å². The SMILES string of the molecule is CC(C)(C)c1ccc(-c2noc(-c3cccc(Cl)c3)c2C(O)c2cccnc2)cc1.CC(C)Oc1ccc(-c2noc(-c3cccc(Cl)c3)c2C(O)c2cccnc2)cc1. The van der Waals surface area contributed by atoms with Gasteiger partial charge in [-0.05, 0) is 85.5 Å². The van der Waals surface area contributed by atoms with E-state index in [0.717, 1.165) is 28.0 Å². The molecule has 0 aliphatic rings. The van der Waals surface area contributed by atoms with Crippen LogP contribution in [0.1, 0.15) is 74.6 Å². The number of benzene rings is 4. The summed E-state index contributed by atoms with van der Waals surface area (Å²) >= 11 is 12.4. The average Bonchev–Trinajstić information content (AvgIpc) is 3.90. The van der Waals surface area contributed by atoms with Gasteiger partial charge in [0.1, 0.15) is 29.3 Å². The largest absolute Gasteiger partial charge is 0.491 e. The minimum absolute atomic E-state index is 0.0480. The third-order valence-electron chi connectivity index (χ3n) is 9.70. The number of aromatic nitrogens is 4. The summed E-state index contributed by atoms with van der Waals surface area (Å²) in [5, 5.41) is 32.2. The number of halogens is 2. The summed E-state index contributed by atoms with van der Waals surface area (Å²) in [7, 11) is 0. The van der Waals surface area contributed by atoms with E-state index in [1.54, 1.807) is 61.2 Å². The van der Waals surface area contributed by atoms with Gasteiger partial charge in [0, 0.05) is 68.2 Å². The fourth-order valence-corrected chi connectivity index (χ4v) is 7.07. The molecule has 0 aliphatic carbocycles. The molecule has 8 rings (SSSR count). The van der Waals surface area contributed by atoms with Crippen LogP contribution in [0.25, 0.3) is 45.2 Å². The Balaban J connectivity index is 0.000000181. The van der Waals surface area contributed by atoms with Gasteiger partial charge in [0.15, 0.2) is 11.5 Å². The molecule has 0 spiro atoms. The van der Waals surface area contributed by atoms with Gasteiger partial charge in [-0.15, -0.1) is 0 Å². The maximum absolute atomic E-state index is 11.2. The van der Waals surface area contributed by atoms with Gasteiger partial charge < -0.3 is 24.0 Å². The lowest BCUT2D eigenvalue weighted by Crippen LogP contribution is -2.10. The van der Waals surface area contributed by atoms with Crippen LogP contribution in [0.2, 0.25) is 10.0 Å². The first-order valence-electron chi connectivity index (χ1n) is 19.4. The molecule has 2 atom stereocenters. The zero-order chi connectivity index (χ0) is 42.4. The van der Waals surface area contributed by atoms with Crippen molar-refractivity contribution in [3.05, 3.63) is 184 Å². The second kappa shape index (κ2) is 18.4. The third-order valence-corrected chi connectivity index (χ3v) is 10.2. The van der Waals surface area contributed by atoms with Gasteiger partial charge in [0.05, 0.1) is 17.2 Å². The molecule has 11 heteroatoms. The summed E-state index contributed by atoms with van der Waals surface area (Å²) in [5.41, 5.74) is 8.05. The molecule has 0 saturated carbocycles. The molecule has 8 aromatic rings. The van der Waals surface area contributed by atoms with Crippen LogP contribution in [-0.4, -0.2) is 36.6 Å². The van der Waals surface area contributed by atoms with Crippen LogP contribution in [0.5, 0.6) is 5.75 Å². The first-order chi connectivity index (χ1) is 28.9. The van der Waals surface area contributed by atoms with Crippen LogP contribution < -0.4 is 4.74 Å². The summed E-state index contributed by atoms with van der Waals surface area (Å²) in [5.74, 6) is 1.72. The van der Waals surface area contributed by atoms with Crippen molar-refractivity contribution < 1.29 is 24.0 Å². The van der Waals surface area contributed by atoms with Crippen LogP contribution in [0.3, 0.4) is 0 Å². The molecule has 60 heavy (non-hydrogen) atoms. The molecular weight excluding hydrogens is 795 g/mol. The number of pyridine rings is 2. The van der Waals surface area contributed by atoms with Crippen LogP contribution in [0, 0.1) is 0 Å². The van der Waals surface area contributed by atoms with Crippen molar-refractivity contribution in [3.63, 3.8) is 0 Å². The second-order valence-electron chi connectivity index (χ2n) is 15.5. The molecule has 0 radical (unpaired) electrons.